The summed E-state index contributed by atoms with van der Waals surface area (Å²) in [6.45, 7) is 0. The summed E-state index contributed by atoms with van der Waals surface area (Å²) in [5.74, 6) is 5.25. The highest BCUT2D eigenvalue weighted by atomic mass is 19.4. The molecule has 0 aliphatic heterocycles. The molecule has 84 valence electrons. The first-order chi connectivity index (χ1) is 6.53. The third-order valence-electron chi connectivity index (χ3n) is 2.88. The summed E-state index contributed by atoms with van der Waals surface area (Å²) in [5.41, 5.74) is 2.31. The summed E-state index contributed by atoms with van der Waals surface area (Å²) in [5, 5.41) is 0. The molecule has 0 aromatic carbocycles. The molecule has 2 nitrogen and oxygen atoms in total. The minimum atomic E-state index is -4.12. The molecule has 3 N–H and O–H groups in total. The van der Waals surface area contributed by atoms with Gasteiger partial charge in [0.05, 0.1) is 6.42 Å². The van der Waals surface area contributed by atoms with Gasteiger partial charge in [-0.25, -0.2) is 0 Å². The lowest BCUT2D eigenvalue weighted by atomic mass is 9.83. The van der Waals surface area contributed by atoms with Gasteiger partial charge in [0.2, 0.25) is 0 Å². The molecule has 0 aromatic heterocycles. The van der Waals surface area contributed by atoms with E-state index in [2.05, 4.69) is 5.43 Å². The normalized spacial score (nSPS) is 22.3. The van der Waals surface area contributed by atoms with E-state index in [1.807, 2.05) is 0 Å². The van der Waals surface area contributed by atoms with Gasteiger partial charge in [0, 0.05) is 6.04 Å². The molecule has 0 spiro atoms. The first kappa shape index (κ1) is 11.8. The monoisotopic (exact) mass is 210 g/mol. The molecule has 14 heavy (non-hydrogen) atoms. The minimum Gasteiger partial charge on any atom is -0.271 e. The van der Waals surface area contributed by atoms with Crippen LogP contribution in [0.4, 0.5) is 13.2 Å². The van der Waals surface area contributed by atoms with Gasteiger partial charge < -0.3 is 0 Å². The molecule has 5 heteroatoms. The van der Waals surface area contributed by atoms with Crippen molar-refractivity contribution in [2.24, 2.45) is 11.8 Å². The summed E-state index contributed by atoms with van der Waals surface area (Å²) in [6, 6.07) is -0.602. The molecule has 1 fully saturated rings. The molecule has 1 rings (SSSR count). The number of nitrogens with one attached hydrogen (secondary N) is 1. The Morgan fingerprint density at radius 2 is 1.79 bits per heavy atom. The first-order valence-corrected chi connectivity index (χ1v) is 5.06. The van der Waals surface area contributed by atoms with E-state index in [4.69, 9.17) is 5.84 Å². The highest BCUT2D eigenvalue weighted by molar-refractivity contribution is 4.79. The lowest BCUT2D eigenvalue weighted by Gasteiger charge is -2.30. The Morgan fingerprint density at radius 1 is 1.21 bits per heavy atom. The Labute approximate surface area is 82.0 Å². The SMILES string of the molecule is NNC(CC(F)(F)F)C1CCCCC1. The topological polar surface area (TPSA) is 38.0 Å². The number of alkyl halides is 3. The van der Waals surface area contributed by atoms with Crippen LogP contribution in [0.1, 0.15) is 38.5 Å². The number of rotatable bonds is 3. The van der Waals surface area contributed by atoms with E-state index in [-0.39, 0.29) is 5.92 Å². The zero-order valence-corrected chi connectivity index (χ0v) is 8.11. The third-order valence-corrected chi connectivity index (χ3v) is 2.88. The summed E-state index contributed by atoms with van der Waals surface area (Å²) in [4.78, 5) is 0. The number of hydrogen-bond acceptors (Lipinski definition) is 2. The lowest BCUT2D eigenvalue weighted by molar-refractivity contribution is -0.143. The number of halogens is 3. The van der Waals surface area contributed by atoms with E-state index in [0.717, 1.165) is 32.1 Å². The van der Waals surface area contributed by atoms with Crippen LogP contribution in [0.15, 0.2) is 0 Å². The van der Waals surface area contributed by atoms with Crippen molar-refractivity contribution in [3.8, 4) is 0 Å². The Balaban J connectivity index is 2.43. The standard InChI is InChI=1S/C9H17F3N2/c10-9(11,12)6-8(14-13)7-4-2-1-3-5-7/h7-8,14H,1-6,13H2. The Bertz CT molecular complexity index is 164. The largest absolute Gasteiger partial charge is 0.390 e. The van der Waals surface area contributed by atoms with Crippen molar-refractivity contribution in [3.63, 3.8) is 0 Å². The summed E-state index contributed by atoms with van der Waals surface area (Å²) < 4.78 is 36.5. The second kappa shape index (κ2) is 4.98. The molecule has 0 radical (unpaired) electrons. The molecule has 1 saturated carbocycles. The molecule has 1 unspecified atom stereocenters. The molecule has 0 heterocycles. The van der Waals surface area contributed by atoms with E-state index < -0.39 is 18.6 Å². The predicted molar refractivity (Wildman–Crippen MR) is 48.4 cm³/mol. The van der Waals surface area contributed by atoms with Crippen LogP contribution in [0.3, 0.4) is 0 Å². The van der Waals surface area contributed by atoms with Crippen molar-refractivity contribution in [2.45, 2.75) is 50.7 Å². The molecular weight excluding hydrogens is 193 g/mol. The van der Waals surface area contributed by atoms with Crippen LogP contribution < -0.4 is 11.3 Å². The second-order valence-corrected chi connectivity index (χ2v) is 3.99. The van der Waals surface area contributed by atoms with Gasteiger partial charge in [-0.05, 0) is 18.8 Å². The van der Waals surface area contributed by atoms with Crippen LogP contribution in [0, 0.1) is 5.92 Å². The van der Waals surface area contributed by atoms with Crippen molar-refractivity contribution >= 4 is 0 Å². The molecular formula is C9H17F3N2. The van der Waals surface area contributed by atoms with Gasteiger partial charge in [0.15, 0.2) is 0 Å². The van der Waals surface area contributed by atoms with Crippen LogP contribution in [-0.2, 0) is 0 Å². The molecule has 0 aromatic rings. The highest BCUT2D eigenvalue weighted by Crippen LogP contribution is 2.31. The van der Waals surface area contributed by atoms with E-state index in [1.54, 1.807) is 0 Å². The first-order valence-electron chi connectivity index (χ1n) is 5.06. The van der Waals surface area contributed by atoms with Gasteiger partial charge in [-0.15, -0.1) is 0 Å². The molecule has 0 amide bonds. The van der Waals surface area contributed by atoms with E-state index in [1.165, 1.54) is 0 Å². The van der Waals surface area contributed by atoms with E-state index in [0.29, 0.717) is 0 Å². The van der Waals surface area contributed by atoms with E-state index >= 15 is 0 Å². The smallest absolute Gasteiger partial charge is 0.271 e. The van der Waals surface area contributed by atoms with Crippen LogP contribution in [0.2, 0.25) is 0 Å². The molecule has 0 saturated heterocycles. The fourth-order valence-electron chi connectivity index (χ4n) is 2.15. The maximum atomic E-state index is 12.2. The Kier molecular flexibility index (Phi) is 4.19. The van der Waals surface area contributed by atoms with Crippen molar-refractivity contribution in [2.75, 3.05) is 0 Å². The van der Waals surface area contributed by atoms with Gasteiger partial charge in [0.25, 0.3) is 0 Å². The molecule has 0 bridgehead atoms. The van der Waals surface area contributed by atoms with Gasteiger partial charge in [0.1, 0.15) is 0 Å². The zero-order chi connectivity index (χ0) is 10.6. The number of hydrazine groups is 1. The third kappa shape index (κ3) is 3.84. The molecule has 1 atom stereocenters. The predicted octanol–water partition coefficient (Wildman–Crippen LogP) is 2.35. The van der Waals surface area contributed by atoms with Crippen LogP contribution >= 0.6 is 0 Å². The van der Waals surface area contributed by atoms with E-state index in [9.17, 15) is 13.2 Å². The van der Waals surface area contributed by atoms with Crippen molar-refractivity contribution in [1.29, 1.82) is 0 Å². The molecule has 1 aliphatic rings. The maximum absolute atomic E-state index is 12.2. The van der Waals surface area contributed by atoms with Crippen molar-refractivity contribution < 1.29 is 13.2 Å². The highest BCUT2D eigenvalue weighted by Gasteiger charge is 2.35. The maximum Gasteiger partial charge on any atom is 0.390 e. The van der Waals surface area contributed by atoms with Crippen LogP contribution in [-0.4, -0.2) is 12.2 Å². The van der Waals surface area contributed by atoms with Crippen molar-refractivity contribution in [3.05, 3.63) is 0 Å². The van der Waals surface area contributed by atoms with Gasteiger partial charge in [-0.1, -0.05) is 19.3 Å². The average molecular weight is 210 g/mol. The van der Waals surface area contributed by atoms with Gasteiger partial charge >= 0.3 is 6.18 Å². The zero-order valence-electron chi connectivity index (χ0n) is 8.11. The Morgan fingerprint density at radius 3 is 2.21 bits per heavy atom. The Hall–Kier alpha value is -0.290. The average Bonchev–Trinajstić information content (AvgIpc) is 2.14. The van der Waals surface area contributed by atoms with Crippen LogP contribution in [0.25, 0.3) is 0 Å². The summed E-state index contributed by atoms with van der Waals surface area (Å²) in [7, 11) is 0. The fraction of sp³-hybridized carbons (Fsp3) is 1.00. The number of hydrogen-bond donors (Lipinski definition) is 2. The van der Waals surface area contributed by atoms with Crippen LogP contribution in [0.5, 0.6) is 0 Å². The minimum absolute atomic E-state index is 0.0929. The summed E-state index contributed by atoms with van der Waals surface area (Å²) >= 11 is 0. The summed E-state index contributed by atoms with van der Waals surface area (Å²) in [6.07, 6.45) is -0.000237. The quantitative estimate of drug-likeness (QED) is 0.554. The second-order valence-electron chi connectivity index (χ2n) is 3.99. The number of nitrogens with two attached hydrogens (primary N) is 1. The lowest BCUT2D eigenvalue weighted by Crippen LogP contribution is -2.44. The van der Waals surface area contributed by atoms with Crippen molar-refractivity contribution in [1.82, 2.24) is 5.43 Å². The molecule has 1 aliphatic carbocycles. The fourth-order valence-corrected chi connectivity index (χ4v) is 2.15. The van der Waals surface area contributed by atoms with Gasteiger partial charge in [-0.2, -0.15) is 13.2 Å². The van der Waals surface area contributed by atoms with Gasteiger partial charge in [-0.3, -0.25) is 11.3 Å².